The minimum absolute atomic E-state index is 0.0410. The van der Waals surface area contributed by atoms with Crippen LogP contribution in [-0.2, 0) is 16.8 Å². The SMILES string of the molecule is CC(C)(C)c1ccc(OCC(=O)NCc2ccccc2-n2ccnc2)c(Br)c1. The summed E-state index contributed by atoms with van der Waals surface area (Å²) < 4.78 is 8.45. The largest absolute Gasteiger partial charge is 0.483 e. The first-order valence-electron chi connectivity index (χ1n) is 9.10. The number of carbonyl (C=O) groups is 1. The molecule has 3 rings (SSSR count). The predicted molar refractivity (Wildman–Crippen MR) is 114 cm³/mol. The third kappa shape index (κ3) is 5.01. The molecule has 0 fully saturated rings. The summed E-state index contributed by atoms with van der Waals surface area (Å²) in [4.78, 5) is 16.3. The Morgan fingerprint density at radius 2 is 2.00 bits per heavy atom. The Balaban J connectivity index is 1.58. The molecular weight excluding hydrogens is 418 g/mol. The summed E-state index contributed by atoms with van der Waals surface area (Å²) in [5.74, 6) is 0.481. The third-order valence-electron chi connectivity index (χ3n) is 4.41. The number of para-hydroxylation sites is 1. The second kappa shape index (κ2) is 8.61. The highest BCUT2D eigenvalue weighted by Gasteiger charge is 2.15. The number of rotatable bonds is 6. The van der Waals surface area contributed by atoms with Crippen molar-refractivity contribution in [1.29, 1.82) is 0 Å². The van der Waals surface area contributed by atoms with E-state index in [4.69, 9.17) is 4.74 Å². The minimum atomic E-state index is -0.174. The normalized spacial score (nSPS) is 11.3. The zero-order chi connectivity index (χ0) is 20.1. The summed E-state index contributed by atoms with van der Waals surface area (Å²) in [6, 6.07) is 13.8. The quantitative estimate of drug-likeness (QED) is 0.606. The van der Waals surface area contributed by atoms with E-state index in [0.29, 0.717) is 12.3 Å². The maximum Gasteiger partial charge on any atom is 0.258 e. The molecule has 2 aromatic carbocycles. The molecule has 1 aromatic heterocycles. The molecule has 0 spiro atoms. The van der Waals surface area contributed by atoms with Gasteiger partial charge in [0.25, 0.3) is 5.91 Å². The molecule has 0 atom stereocenters. The number of hydrogen-bond acceptors (Lipinski definition) is 3. The van der Waals surface area contributed by atoms with Crippen molar-refractivity contribution in [3.63, 3.8) is 0 Å². The molecule has 0 saturated heterocycles. The molecule has 3 aromatic rings. The highest BCUT2D eigenvalue weighted by atomic mass is 79.9. The lowest BCUT2D eigenvalue weighted by Crippen LogP contribution is -2.28. The average Bonchev–Trinajstić information content (AvgIpc) is 3.19. The van der Waals surface area contributed by atoms with E-state index in [2.05, 4.69) is 47.0 Å². The molecule has 28 heavy (non-hydrogen) atoms. The van der Waals surface area contributed by atoms with Crippen LogP contribution in [-0.4, -0.2) is 22.1 Å². The Hall–Kier alpha value is -2.60. The van der Waals surface area contributed by atoms with E-state index in [1.54, 1.807) is 12.5 Å². The summed E-state index contributed by atoms with van der Waals surface area (Å²) >= 11 is 3.53. The molecule has 1 heterocycles. The molecule has 6 heteroatoms. The van der Waals surface area contributed by atoms with E-state index in [1.807, 2.05) is 53.2 Å². The highest BCUT2D eigenvalue weighted by Crippen LogP contribution is 2.31. The Labute approximate surface area is 173 Å². The first-order valence-corrected chi connectivity index (χ1v) is 9.89. The molecule has 0 saturated carbocycles. The molecule has 0 aliphatic heterocycles. The van der Waals surface area contributed by atoms with Crippen LogP contribution in [0.4, 0.5) is 0 Å². The van der Waals surface area contributed by atoms with Gasteiger partial charge >= 0.3 is 0 Å². The van der Waals surface area contributed by atoms with Gasteiger partial charge in [0.15, 0.2) is 6.61 Å². The number of carbonyl (C=O) groups excluding carboxylic acids is 1. The van der Waals surface area contributed by atoms with Crippen molar-refractivity contribution in [2.45, 2.75) is 32.7 Å². The van der Waals surface area contributed by atoms with Crippen molar-refractivity contribution in [3.05, 3.63) is 76.8 Å². The summed E-state index contributed by atoms with van der Waals surface area (Å²) in [5, 5.41) is 2.91. The van der Waals surface area contributed by atoms with Gasteiger partial charge in [-0.15, -0.1) is 0 Å². The molecule has 0 aliphatic rings. The van der Waals surface area contributed by atoms with Gasteiger partial charge in [0.2, 0.25) is 0 Å². The lowest BCUT2D eigenvalue weighted by atomic mass is 9.87. The van der Waals surface area contributed by atoms with Gasteiger partial charge in [-0.05, 0) is 50.7 Å². The van der Waals surface area contributed by atoms with Crippen molar-refractivity contribution in [2.24, 2.45) is 0 Å². The smallest absolute Gasteiger partial charge is 0.258 e. The number of benzene rings is 2. The number of hydrogen-bond donors (Lipinski definition) is 1. The van der Waals surface area contributed by atoms with Crippen LogP contribution in [0.1, 0.15) is 31.9 Å². The van der Waals surface area contributed by atoms with Gasteiger partial charge in [0.05, 0.1) is 16.5 Å². The fourth-order valence-corrected chi connectivity index (χ4v) is 3.28. The van der Waals surface area contributed by atoms with Gasteiger partial charge in [-0.3, -0.25) is 4.79 Å². The van der Waals surface area contributed by atoms with E-state index in [-0.39, 0.29) is 17.9 Å². The number of ether oxygens (including phenoxy) is 1. The van der Waals surface area contributed by atoms with E-state index >= 15 is 0 Å². The van der Waals surface area contributed by atoms with Crippen LogP contribution in [0.5, 0.6) is 5.75 Å². The van der Waals surface area contributed by atoms with E-state index in [0.717, 1.165) is 15.7 Å². The molecule has 5 nitrogen and oxygen atoms in total. The van der Waals surface area contributed by atoms with Gasteiger partial charge < -0.3 is 14.6 Å². The zero-order valence-electron chi connectivity index (χ0n) is 16.3. The van der Waals surface area contributed by atoms with Crippen LogP contribution in [0.2, 0.25) is 0 Å². The van der Waals surface area contributed by atoms with Gasteiger partial charge in [0, 0.05) is 18.9 Å². The maximum atomic E-state index is 12.3. The molecular formula is C22H24BrN3O2. The molecule has 146 valence electrons. The maximum absolute atomic E-state index is 12.3. The van der Waals surface area contributed by atoms with Gasteiger partial charge in [-0.25, -0.2) is 4.98 Å². The van der Waals surface area contributed by atoms with Crippen LogP contribution in [0, 0.1) is 0 Å². The van der Waals surface area contributed by atoms with Gasteiger partial charge in [-0.2, -0.15) is 0 Å². The molecule has 0 aliphatic carbocycles. The topological polar surface area (TPSA) is 56.1 Å². The minimum Gasteiger partial charge on any atom is -0.483 e. The number of imidazole rings is 1. The van der Waals surface area contributed by atoms with Crippen LogP contribution < -0.4 is 10.1 Å². The number of nitrogens with one attached hydrogen (secondary N) is 1. The third-order valence-corrected chi connectivity index (χ3v) is 5.03. The standard InChI is InChI=1S/C22H24BrN3O2/c1-22(2,3)17-8-9-20(18(23)12-17)28-14-21(27)25-13-16-6-4-5-7-19(16)26-11-10-24-15-26/h4-12,15H,13-14H2,1-3H3,(H,25,27). The lowest BCUT2D eigenvalue weighted by molar-refractivity contribution is -0.123. The second-order valence-electron chi connectivity index (χ2n) is 7.56. The molecule has 1 amide bonds. The summed E-state index contributed by atoms with van der Waals surface area (Å²) in [5.41, 5.74) is 3.25. The average molecular weight is 442 g/mol. The first kappa shape index (κ1) is 20.1. The summed E-state index contributed by atoms with van der Waals surface area (Å²) in [6.07, 6.45) is 5.34. The van der Waals surface area contributed by atoms with Crippen molar-refractivity contribution in [1.82, 2.24) is 14.9 Å². The molecule has 0 radical (unpaired) electrons. The Bertz CT molecular complexity index is 947. The fourth-order valence-electron chi connectivity index (χ4n) is 2.79. The van der Waals surface area contributed by atoms with Gasteiger partial charge in [0.1, 0.15) is 5.75 Å². The summed E-state index contributed by atoms with van der Waals surface area (Å²) in [6.45, 7) is 6.85. The fraction of sp³-hybridized carbons (Fsp3) is 0.273. The molecule has 0 bridgehead atoms. The number of aromatic nitrogens is 2. The van der Waals surface area contributed by atoms with Crippen LogP contribution in [0.3, 0.4) is 0 Å². The number of amides is 1. The first-order chi connectivity index (χ1) is 13.3. The van der Waals surface area contributed by atoms with Crippen molar-refractivity contribution >= 4 is 21.8 Å². The molecule has 0 unspecified atom stereocenters. The van der Waals surface area contributed by atoms with Crippen LogP contribution in [0.25, 0.3) is 5.69 Å². The van der Waals surface area contributed by atoms with Crippen molar-refractivity contribution in [2.75, 3.05) is 6.61 Å². The second-order valence-corrected chi connectivity index (χ2v) is 8.41. The van der Waals surface area contributed by atoms with E-state index in [9.17, 15) is 4.79 Å². The van der Waals surface area contributed by atoms with E-state index < -0.39 is 0 Å². The predicted octanol–water partition coefficient (Wildman–Crippen LogP) is 4.63. The van der Waals surface area contributed by atoms with Crippen molar-refractivity contribution in [3.8, 4) is 11.4 Å². The van der Waals surface area contributed by atoms with E-state index in [1.165, 1.54) is 5.56 Å². The Morgan fingerprint density at radius 3 is 2.68 bits per heavy atom. The number of halogens is 1. The summed E-state index contributed by atoms with van der Waals surface area (Å²) in [7, 11) is 0. The van der Waals surface area contributed by atoms with Crippen LogP contribution >= 0.6 is 15.9 Å². The number of nitrogens with zero attached hydrogens (tertiary/aromatic N) is 2. The monoisotopic (exact) mass is 441 g/mol. The van der Waals surface area contributed by atoms with Crippen molar-refractivity contribution < 1.29 is 9.53 Å². The highest BCUT2D eigenvalue weighted by molar-refractivity contribution is 9.10. The zero-order valence-corrected chi connectivity index (χ0v) is 17.9. The Kier molecular flexibility index (Phi) is 6.19. The van der Waals surface area contributed by atoms with Crippen LogP contribution in [0.15, 0.2) is 65.7 Å². The Morgan fingerprint density at radius 1 is 1.21 bits per heavy atom. The van der Waals surface area contributed by atoms with Gasteiger partial charge in [-0.1, -0.05) is 45.0 Å². The lowest BCUT2D eigenvalue weighted by Gasteiger charge is -2.20. The molecule has 1 N–H and O–H groups in total.